The Morgan fingerprint density at radius 1 is 0.583 bits per heavy atom. The molecule has 12 heteroatoms. The number of rotatable bonds is 13. The lowest BCUT2D eigenvalue weighted by Crippen LogP contribution is -2.63. The van der Waals surface area contributed by atoms with Crippen molar-refractivity contribution in [2.24, 2.45) is 0 Å². The van der Waals surface area contributed by atoms with E-state index in [4.69, 9.17) is 34.5 Å². The SMILES string of the molecule is C=C[Si](OC)(OC)O[Si](C=C)(OC)O[Si](C)(OC)O[Si](C)(C)OC. The molecule has 0 saturated carbocycles. The molecule has 8 nitrogen and oxygen atoms in total. The van der Waals surface area contributed by atoms with Gasteiger partial charge in [0, 0.05) is 42.1 Å². The molecule has 0 fully saturated rings. The van der Waals surface area contributed by atoms with Gasteiger partial charge in [0.1, 0.15) is 0 Å². The predicted molar refractivity (Wildman–Crippen MR) is 99.3 cm³/mol. The second-order valence-electron chi connectivity index (χ2n) is 5.20. The molecule has 0 rings (SSSR count). The van der Waals surface area contributed by atoms with Crippen molar-refractivity contribution in [1.29, 1.82) is 0 Å². The summed E-state index contributed by atoms with van der Waals surface area (Å²) in [5.41, 5.74) is 2.96. The Morgan fingerprint density at radius 2 is 1.04 bits per heavy atom. The lowest BCUT2D eigenvalue weighted by Gasteiger charge is -2.39. The molecule has 0 N–H and O–H groups in total. The fourth-order valence-corrected chi connectivity index (χ4v) is 14.0. The molecule has 0 aliphatic heterocycles. The summed E-state index contributed by atoms with van der Waals surface area (Å²) < 4.78 is 45.5. The van der Waals surface area contributed by atoms with Crippen LogP contribution >= 0.6 is 0 Å². The molecule has 2 unspecified atom stereocenters. The molecule has 0 bridgehead atoms. The van der Waals surface area contributed by atoms with Crippen LogP contribution < -0.4 is 0 Å². The summed E-state index contributed by atoms with van der Waals surface area (Å²) in [4.78, 5) is 0. The lowest BCUT2D eigenvalue weighted by molar-refractivity contribution is 0.0931. The largest absolute Gasteiger partial charge is 0.521 e. The maximum atomic E-state index is 6.12. The van der Waals surface area contributed by atoms with Crippen LogP contribution in [-0.4, -0.2) is 70.5 Å². The third kappa shape index (κ3) is 6.39. The molecule has 0 heterocycles. The second kappa shape index (κ2) is 9.65. The summed E-state index contributed by atoms with van der Waals surface area (Å²) in [6.45, 7) is 13.0. The average Bonchev–Trinajstić information content (AvgIpc) is 2.58. The fraction of sp³-hybridized carbons (Fsp3) is 0.667. The minimum absolute atomic E-state index is 1.46. The van der Waals surface area contributed by atoms with Crippen molar-refractivity contribution in [3.63, 3.8) is 0 Å². The van der Waals surface area contributed by atoms with E-state index < -0.39 is 35.0 Å². The molecule has 0 aromatic heterocycles. The Kier molecular flexibility index (Phi) is 9.66. The highest BCUT2D eigenvalue weighted by Crippen LogP contribution is 2.26. The van der Waals surface area contributed by atoms with Gasteiger partial charge in [0.25, 0.3) is 0 Å². The zero-order valence-electron chi connectivity index (χ0n) is 15.8. The van der Waals surface area contributed by atoms with E-state index in [2.05, 4.69) is 13.2 Å². The maximum Gasteiger partial charge on any atom is 0.521 e. The average molecular weight is 415 g/mol. The first-order valence-electron chi connectivity index (χ1n) is 7.18. The first-order valence-corrected chi connectivity index (χ1v) is 15.8. The van der Waals surface area contributed by atoms with Crippen molar-refractivity contribution in [3.8, 4) is 0 Å². The van der Waals surface area contributed by atoms with Crippen molar-refractivity contribution in [2.75, 3.05) is 35.5 Å². The van der Waals surface area contributed by atoms with Gasteiger partial charge in [-0.3, -0.25) is 0 Å². The zero-order chi connectivity index (χ0) is 19.1. The third-order valence-corrected chi connectivity index (χ3v) is 16.0. The summed E-state index contributed by atoms with van der Waals surface area (Å²) in [7, 11) is -4.67. The van der Waals surface area contributed by atoms with Gasteiger partial charge < -0.3 is 34.5 Å². The van der Waals surface area contributed by atoms with Crippen LogP contribution in [0.1, 0.15) is 0 Å². The smallest absolute Gasteiger partial charge is 0.398 e. The van der Waals surface area contributed by atoms with E-state index in [0.29, 0.717) is 0 Å². The van der Waals surface area contributed by atoms with Gasteiger partial charge in [-0.25, -0.2) is 0 Å². The predicted octanol–water partition coefficient (Wildman–Crippen LogP) is 1.87. The van der Waals surface area contributed by atoms with E-state index >= 15 is 0 Å². The molecule has 0 aromatic rings. The molecule has 0 saturated heterocycles. The summed E-state index contributed by atoms with van der Waals surface area (Å²) >= 11 is 0. The van der Waals surface area contributed by atoms with Crippen molar-refractivity contribution in [2.45, 2.75) is 19.6 Å². The summed E-state index contributed by atoms with van der Waals surface area (Å²) in [5, 5.41) is 0. The van der Waals surface area contributed by atoms with Crippen molar-refractivity contribution in [1.82, 2.24) is 0 Å². The molecule has 0 aromatic carbocycles. The minimum atomic E-state index is -3.43. The van der Waals surface area contributed by atoms with Crippen molar-refractivity contribution in [3.05, 3.63) is 24.6 Å². The Morgan fingerprint density at radius 3 is 1.33 bits per heavy atom. The number of hydrogen-bond donors (Lipinski definition) is 0. The van der Waals surface area contributed by atoms with Gasteiger partial charge in [0.05, 0.1) is 0 Å². The molecule has 142 valence electrons. The van der Waals surface area contributed by atoms with Crippen molar-refractivity contribution >= 4 is 35.0 Å². The monoisotopic (exact) mass is 414 g/mol. The van der Waals surface area contributed by atoms with Crippen LogP contribution in [0, 0.1) is 0 Å². The molecule has 2 atom stereocenters. The maximum absolute atomic E-state index is 6.12. The summed E-state index contributed by atoms with van der Waals surface area (Å²) in [6.07, 6.45) is 0. The van der Waals surface area contributed by atoms with Gasteiger partial charge in [-0.15, -0.1) is 0 Å². The highest BCUT2D eigenvalue weighted by atomic mass is 28.5. The van der Waals surface area contributed by atoms with Gasteiger partial charge in [-0.1, -0.05) is 13.2 Å². The van der Waals surface area contributed by atoms with Crippen LogP contribution in [0.5, 0.6) is 0 Å². The minimum Gasteiger partial charge on any atom is -0.398 e. The normalized spacial score (nSPS) is 17.8. The van der Waals surface area contributed by atoms with E-state index in [1.807, 2.05) is 13.1 Å². The molecule has 0 amide bonds. The first kappa shape index (κ1) is 24.0. The summed E-state index contributed by atoms with van der Waals surface area (Å²) in [6, 6.07) is 0. The number of hydrogen-bond acceptors (Lipinski definition) is 8. The molecule has 0 spiro atoms. The third-order valence-electron chi connectivity index (χ3n) is 3.26. The van der Waals surface area contributed by atoms with Gasteiger partial charge in [-0.05, 0) is 24.5 Å². The van der Waals surface area contributed by atoms with E-state index in [1.54, 1.807) is 13.7 Å². The Labute approximate surface area is 149 Å². The molecular formula is C12H30O8Si4. The van der Waals surface area contributed by atoms with Crippen LogP contribution in [0.2, 0.25) is 19.6 Å². The molecule has 0 aliphatic rings. The highest BCUT2D eigenvalue weighted by Gasteiger charge is 2.56. The van der Waals surface area contributed by atoms with Crippen molar-refractivity contribution < 1.29 is 34.5 Å². The van der Waals surface area contributed by atoms with E-state index in [-0.39, 0.29) is 0 Å². The second-order valence-corrected chi connectivity index (χ2v) is 17.5. The standard InChI is InChI=1S/C12H30O8Si4/c1-11-23(15-5,16-6)20-24(12-2,17-7)19-22(10,14-4)18-21(8,9)13-3/h11-12H,1-2H2,3-10H3. The lowest BCUT2D eigenvalue weighted by atomic mass is 11.3. The highest BCUT2D eigenvalue weighted by molar-refractivity contribution is 6.86. The molecular weight excluding hydrogens is 384 g/mol. The molecule has 24 heavy (non-hydrogen) atoms. The Bertz CT molecular complexity index is 420. The van der Waals surface area contributed by atoms with Crippen LogP contribution in [-0.2, 0) is 34.5 Å². The topological polar surface area (TPSA) is 73.8 Å². The zero-order valence-corrected chi connectivity index (χ0v) is 19.8. The van der Waals surface area contributed by atoms with E-state index in [1.165, 1.54) is 39.8 Å². The van der Waals surface area contributed by atoms with Gasteiger partial charge in [-0.2, -0.15) is 0 Å². The Balaban J connectivity index is 5.64. The van der Waals surface area contributed by atoms with Gasteiger partial charge in [0.15, 0.2) is 0 Å². The van der Waals surface area contributed by atoms with E-state index in [9.17, 15) is 0 Å². The molecule has 0 radical (unpaired) electrons. The fourth-order valence-electron chi connectivity index (χ4n) is 1.69. The van der Waals surface area contributed by atoms with Crippen LogP contribution in [0.3, 0.4) is 0 Å². The molecule has 0 aliphatic carbocycles. The van der Waals surface area contributed by atoms with Gasteiger partial charge >= 0.3 is 35.0 Å². The van der Waals surface area contributed by atoms with Crippen LogP contribution in [0.25, 0.3) is 0 Å². The van der Waals surface area contributed by atoms with Crippen LogP contribution in [0.4, 0.5) is 0 Å². The van der Waals surface area contributed by atoms with Crippen LogP contribution in [0.15, 0.2) is 24.6 Å². The summed E-state index contributed by atoms with van der Waals surface area (Å²) in [5.74, 6) is 0. The first-order chi connectivity index (χ1) is 11.0. The quantitative estimate of drug-likeness (QED) is 0.423. The van der Waals surface area contributed by atoms with E-state index in [0.717, 1.165) is 0 Å². The Hall–Kier alpha value is 0.0275. The van der Waals surface area contributed by atoms with Gasteiger partial charge in [0.2, 0.25) is 0 Å².